The highest BCUT2D eigenvalue weighted by Crippen LogP contribution is 2.27. The average molecular weight is 281 g/mol. The van der Waals surface area contributed by atoms with Gasteiger partial charge in [-0.2, -0.15) is 21.6 Å². The van der Waals surface area contributed by atoms with Crippen molar-refractivity contribution < 1.29 is 21.6 Å². The second kappa shape index (κ2) is 5.17. The van der Waals surface area contributed by atoms with Gasteiger partial charge in [0.1, 0.15) is 0 Å². The minimum absolute atomic E-state index is 0.0213. The van der Waals surface area contributed by atoms with Crippen LogP contribution in [0.1, 0.15) is 25.0 Å². The molecule has 102 valence electrons. The molecule has 1 aromatic carbocycles. The number of anilines is 1. The predicted octanol–water partition coefficient (Wildman–Crippen LogP) is 3.07. The molecule has 0 saturated heterocycles. The Labute approximate surface area is 104 Å². The summed E-state index contributed by atoms with van der Waals surface area (Å²) in [5.74, 6) is 0. The lowest BCUT2D eigenvalue weighted by Gasteiger charge is -2.14. The monoisotopic (exact) mass is 281 g/mol. The topological polar surface area (TPSA) is 46.2 Å². The highest BCUT2D eigenvalue weighted by Gasteiger charge is 2.46. The summed E-state index contributed by atoms with van der Waals surface area (Å²) < 4.78 is 60.3. The molecule has 0 unspecified atom stereocenters. The number of rotatable bonds is 4. The first-order chi connectivity index (χ1) is 8.21. The first kappa shape index (κ1) is 14.8. The van der Waals surface area contributed by atoms with Gasteiger partial charge in [0, 0.05) is 0 Å². The van der Waals surface area contributed by atoms with Crippen LogP contribution in [0.4, 0.5) is 18.9 Å². The third-order valence-electron chi connectivity index (χ3n) is 2.51. The SMILES string of the molecule is CCc1ccc(NS(=O)(=O)C(F)(F)F)c(CC)c1. The zero-order valence-electron chi connectivity index (χ0n) is 10.0. The van der Waals surface area contributed by atoms with E-state index in [2.05, 4.69) is 0 Å². The summed E-state index contributed by atoms with van der Waals surface area (Å²) in [6.07, 6.45) is 1.18. The van der Waals surface area contributed by atoms with Crippen LogP contribution in [0.15, 0.2) is 18.2 Å². The fourth-order valence-corrected chi connectivity index (χ4v) is 2.07. The van der Waals surface area contributed by atoms with Crippen LogP contribution in [0.3, 0.4) is 0 Å². The van der Waals surface area contributed by atoms with E-state index in [0.29, 0.717) is 12.0 Å². The van der Waals surface area contributed by atoms with E-state index in [1.807, 2.05) is 6.92 Å². The largest absolute Gasteiger partial charge is 0.516 e. The number of aryl methyl sites for hydroxylation is 2. The van der Waals surface area contributed by atoms with Gasteiger partial charge in [-0.05, 0) is 30.0 Å². The van der Waals surface area contributed by atoms with E-state index >= 15 is 0 Å². The molecule has 1 rings (SSSR count). The number of halogens is 3. The fourth-order valence-electron chi connectivity index (χ4n) is 1.46. The van der Waals surface area contributed by atoms with Gasteiger partial charge >= 0.3 is 15.5 Å². The highest BCUT2D eigenvalue weighted by atomic mass is 32.2. The van der Waals surface area contributed by atoms with Gasteiger partial charge in [0.25, 0.3) is 0 Å². The van der Waals surface area contributed by atoms with Crippen molar-refractivity contribution in [1.29, 1.82) is 0 Å². The number of sulfonamides is 1. The second-order valence-electron chi connectivity index (χ2n) is 3.75. The van der Waals surface area contributed by atoms with Crippen LogP contribution in [-0.4, -0.2) is 13.9 Å². The van der Waals surface area contributed by atoms with Gasteiger partial charge in [-0.3, -0.25) is 4.72 Å². The van der Waals surface area contributed by atoms with Crippen molar-refractivity contribution in [1.82, 2.24) is 0 Å². The molecule has 0 heterocycles. The molecule has 0 atom stereocenters. The summed E-state index contributed by atoms with van der Waals surface area (Å²) in [6.45, 7) is 3.66. The third kappa shape index (κ3) is 3.16. The Morgan fingerprint density at radius 2 is 1.78 bits per heavy atom. The lowest BCUT2D eigenvalue weighted by atomic mass is 10.1. The van der Waals surface area contributed by atoms with Crippen molar-refractivity contribution in [3.63, 3.8) is 0 Å². The lowest BCUT2D eigenvalue weighted by molar-refractivity contribution is -0.0429. The average Bonchev–Trinajstić information content (AvgIpc) is 2.27. The second-order valence-corrected chi connectivity index (χ2v) is 5.42. The standard InChI is InChI=1S/C11H14F3NO2S/c1-3-8-5-6-10(9(4-2)7-8)15-18(16,17)11(12,13)14/h5-7,15H,3-4H2,1-2H3. The Morgan fingerprint density at radius 1 is 1.17 bits per heavy atom. The lowest BCUT2D eigenvalue weighted by Crippen LogP contribution is -2.30. The molecule has 0 radical (unpaired) electrons. The van der Waals surface area contributed by atoms with Crippen LogP contribution in [0.25, 0.3) is 0 Å². The zero-order valence-corrected chi connectivity index (χ0v) is 10.8. The minimum atomic E-state index is -5.35. The molecule has 0 aromatic heterocycles. The molecule has 0 aliphatic heterocycles. The van der Waals surface area contributed by atoms with Gasteiger partial charge < -0.3 is 0 Å². The number of nitrogens with one attached hydrogen (secondary N) is 1. The first-order valence-corrected chi connectivity index (χ1v) is 6.90. The van der Waals surface area contributed by atoms with E-state index in [1.165, 1.54) is 6.07 Å². The van der Waals surface area contributed by atoms with E-state index in [4.69, 9.17) is 0 Å². The Kier molecular flexibility index (Phi) is 4.26. The van der Waals surface area contributed by atoms with Crippen molar-refractivity contribution in [2.45, 2.75) is 32.2 Å². The molecule has 0 bridgehead atoms. The van der Waals surface area contributed by atoms with Crippen LogP contribution in [-0.2, 0) is 22.9 Å². The summed E-state index contributed by atoms with van der Waals surface area (Å²) in [7, 11) is -5.35. The quantitative estimate of drug-likeness (QED) is 0.922. The predicted molar refractivity (Wildman–Crippen MR) is 63.8 cm³/mol. The van der Waals surface area contributed by atoms with E-state index < -0.39 is 15.5 Å². The van der Waals surface area contributed by atoms with Crippen LogP contribution in [0.2, 0.25) is 0 Å². The summed E-state index contributed by atoms with van der Waals surface area (Å²) in [4.78, 5) is 0. The number of benzene rings is 1. The van der Waals surface area contributed by atoms with Crippen molar-refractivity contribution >= 4 is 15.7 Å². The van der Waals surface area contributed by atoms with Crippen molar-refractivity contribution in [3.05, 3.63) is 29.3 Å². The van der Waals surface area contributed by atoms with Crippen LogP contribution in [0.5, 0.6) is 0 Å². The molecule has 18 heavy (non-hydrogen) atoms. The van der Waals surface area contributed by atoms with E-state index in [0.717, 1.165) is 12.0 Å². The Balaban J connectivity index is 3.13. The normalized spacial score (nSPS) is 12.5. The molecule has 0 amide bonds. The van der Waals surface area contributed by atoms with Crippen LogP contribution >= 0.6 is 0 Å². The van der Waals surface area contributed by atoms with E-state index in [-0.39, 0.29) is 5.69 Å². The molecule has 0 aliphatic carbocycles. The molecule has 3 nitrogen and oxygen atoms in total. The van der Waals surface area contributed by atoms with Gasteiger partial charge in [-0.1, -0.05) is 26.0 Å². The van der Waals surface area contributed by atoms with Crippen LogP contribution in [0, 0.1) is 0 Å². The maximum Gasteiger partial charge on any atom is 0.516 e. The highest BCUT2D eigenvalue weighted by molar-refractivity contribution is 7.93. The molecule has 7 heteroatoms. The summed E-state index contributed by atoms with van der Waals surface area (Å²) in [6, 6.07) is 4.67. The molecule has 0 saturated carbocycles. The molecular formula is C11H14F3NO2S. The molecule has 0 fully saturated rings. The van der Waals surface area contributed by atoms with Crippen molar-refractivity contribution in [2.24, 2.45) is 0 Å². The Bertz CT molecular complexity index is 524. The van der Waals surface area contributed by atoms with Gasteiger partial charge in [-0.25, -0.2) is 0 Å². The smallest absolute Gasteiger partial charge is 0.276 e. The molecule has 0 aliphatic rings. The molecule has 1 aromatic rings. The third-order valence-corrected chi connectivity index (χ3v) is 3.61. The van der Waals surface area contributed by atoms with Crippen molar-refractivity contribution in [3.8, 4) is 0 Å². The molecular weight excluding hydrogens is 267 g/mol. The van der Waals surface area contributed by atoms with Crippen molar-refractivity contribution in [2.75, 3.05) is 4.72 Å². The molecule has 0 spiro atoms. The van der Waals surface area contributed by atoms with Gasteiger partial charge in [0.05, 0.1) is 5.69 Å². The Morgan fingerprint density at radius 3 is 2.22 bits per heavy atom. The zero-order chi connectivity index (χ0) is 14.0. The minimum Gasteiger partial charge on any atom is -0.276 e. The summed E-state index contributed by atoms with van der Waals surface area (Å²) in [5.41, 5.74) is -3.84. The first-order valence-electron chi connectivity index (χ1n) is 5.42. The summed E-state index contributed by atoms with van der Waals surface area (Å²) >= 11 is 0. The fraction of sp³-hybridized carbons (Fsp3) is 0.455. The number of alkyl halides is 3. The van der Waals surface area contributed by atoms with E-state index in [9.17, 15) is 21.6 Å². The number of hydrogen-bond donors (Lipinski definition) is 1. The number of hydrogen-bond acceptors (Lipinski definition) is 2. The summed E-state index contributed by atoms with van der Waals surface area (Å²) in [5, 5.41) is 0. The van der Waals surface area contributed by atoms with E-state index in [1.54, 1.807) is 23.8 Å². The Hall–Kier alpha value is -1.24. The van der Waals surface area contributed by atoms with Crippen LogP contribution < -0.4 is 4.72 Å². The van der Waals surface area contributed by atoms with Gasteiger partial charge in [-0.15, -0.1) is 0 Å². The van der Waals surface area contributed by atoms with Gasteiger partial charge in [0.15, 0.2) is 0 Å². The maximum atomic E-state index is 12.2. The van der Waals surface area contributed by atoms with Gasteiger partial charge in [0.2, 0.25) is 0 Å². The maximum absolute atomic E-state index is 12.2. The molecule has 1 N–H and O–H groups in total.